The Balaban J connectivity index is 0.000000253. The number of unbranched alkanes of at least 4 members (excludes halogenated alkanes) is 6. The van der Waals surface area contributed by atoms with Crippen molar-refractivity contribution in [3.63, 3.8) is 0 Å². The van der Waals surface area contributed by atoms with Crippen LogP contribution < -0.4 is 32.2 Å². The molecule has 0 aliphatic rings. The van der Waals surface area contributed by atoms with Crippen molar-refractivity contribution in [3.8, 4) is 0 Å². The molecule has 0 saturated carbocycles. The second-order valence-corrected chi connectivity index (χ2v) is 111. The first-order valence-corrected chi connectivity index (χ1v) is 88.2. The van der Waals surface area contributed by atoms with Crippen LogP contribution in [0.1, 0.15) is 135 Å². The van der Waals surface area contributed by atoms with E-state index >= 15 is 0 Å². The molecule has 0 nitrogen and oxygen atoms in total. The van der Waals surface area contributed by atoms with Gasteiger partial charge in [0, 0.05) is 0 Å². The van der Waals surface area contributed by atoms with Crippen molar-refractivity contribution >= 4 is 142 Å². The summed E-state index contributed by atoms with van der Waals surface area (Å²) in [6.45, 7) is 20.7. The van der Waals surface area contributed by atoms with Gasteiger partial charge in [-0.25, -0.2) is 0 Å². The molecule has 9 aromatic rings. The molecule has 0 atom stereocenters. The maximum atomic E-state index is 2.54. The summed E-state index contributed by atoms with van der Waals surface area (Å²) in [5.41, 5.74) is 4.31. The SMILES string of the molecule is CCC[CH2][Sn]([CH2]CCC)([CH2]CCC)[c]1cccc(C)c1.CCC[CH2][Sn]([CH2]CCC)([CH2]CCC)[c]1ccccc1.Cc1cc[c]([Sn]([CH3])([CH3])[CH3])cc1.Cc1cccc[c]1[Sn]([CH3])([CH3])[CH3].[CH3][Sn]([CH3])([CH3])[c]1ccccc1.c1cc[c]([Sn]([c]2ccccc2)([c]2ccccc2)[c]2ccccc2)cc1. The molecule has 0 unspecified atom stereocenters. The molecule has 6 heteroatoms. The molecular formula is C90H132Sn6. The summed E-state index contributed by atoms with van der Waals surface area (Å²) in [5, 5.41) is 0. The predicted molar refractivity (Wildman–Crippen MR) is 454 cm³/mol. The molecule has 96 heavy (non-hydrogen) atoms. The van der Waals surface area contributed by atoms with Crippen LogP contribution in [0.4, 0.5) is 0 Å². The average molecular weight is 1930 g/mol. The summed E-state index contributed by atoms with van der Waals surface area (Å²) < 4.78 is 23.9. The Morgan fingerprint density at radius 3 is 0.740 bits per heavy atom. The number of hydrogen-bond donors (Lipinski definition) is 0. The molecule has 0 aliphatic heterocycles. The van der Waals surface area contributed by atoms with Gasteiger partial charge in [-0.1, -0.05) is 0 Å². The van der Waals surface area contributed by atoms with E-state index in [2.05, 4.69) is 362 Å². The van der Waals surface area contributed by atoms with E-state index in [-0.39, 0.29) is 0 Å². The quantitative estimate of drug-likeness (QED) is 0.0450. The van der Waals surface area contributed by atoms with Crippen LogP contribution in [0.15, 0.2) is 255 Å². The van der Waals surface area contributed by atoms with Crippen molar-refractivity contribution in [1.82, 2.24) is 0 Å². The van der Waals surface area contributed by atoms with Gasteiger partial charge in [0.1, 0.15) is 0 Å². The minimum atomic E-state index is -3.31. The van der Waals surface area contributed by atoms with Crippen LogP contribution in [0.25, 0.3) is 0 Å². The number of hydrogen-bond acceptors (Lipinski definition) is 0. The average Bonchev–Trinajstić information content (AvgIpc) is 0.741. The Morgan fingerprint density at radius 2 is 0.479 bits per heavy atom. The molecule has 0 aliphatic carbocycles. The Morgan fingerprint density at radius 1 is 0.219 bits per heavy atom. The number of benzene rings is 9. The van der Waals surface area contributed by atoms with Crippen molar-refractivity contribution in [1.29, 1.82) is 0 Å². The normalized spacial score (nSPS) is 11.6. The van der Waals surface area contributed by atoms with Crippen LogP contribution >= 0.6 is 0 Å². The van der Waals surface area contributed by atoms with E-state index in [9.17, 15) is 0 Å². The van der Waals surface area contributed by atoms with Crippen LogP contribution in [-0.4, -0.2) is 110 Å². The van der Waals surface area contributed by atoms with Gasteiger partial charge in [0.15, 0.2) is 0 Å². The zero-order valence-electron chi connectivity index (χ0n) is 64.0. The summed E-state index contributed by atoms with van der Waals surface area (Å²) in [4.78, 5) is 22.0. The van der Waals surface area contributed by atoms with Gasteiger partial charge in [0.2, 0.25) is 0 Å². The monoisotopic (exact) mass is 1930 g/mol. The molecule has 0 radical (unpaired) electrons. The first kappa shape index (κ1) is 86.2. The summed E-state index contributed by atoms with van der Waals surface area (Å²) in [6.07, 6.45) is 16.9. The molecular weight excluding hydrogens is 1790 g/mol. The molecule has 9 aromatic carbocycles. The predicted octanol–water partition coefficient (Wildman–Crippen LogP) is 22.2. The Kier molecular flexibility index (Phi) is 41.6. The first-order valence-electron chi connectivity index (χ1n) is 37.5. The fourth-order valence-electron chi connectivity index (χ4n) is 13.6. The number of aryl methyl sites for hydroxylation is 3. The summed E-state index contributed by atoms with van der Waals surface area (Å²) in [7, 11) is 0. The molecule has 0 bridgehead atoms. The van der Waals surface area contributed by atoms with Crippen molar-refractivity contribution in [2.45, 2.75) is 210 Å². The van der Waals surface area contributed by atoms with Crippen molar-refractivity contribution in [2.75, 3.05) is 0 Å². The van der Waals surface area contributed by atoms with Crippen molar-refractivity contribution in [2.24, 2.45) is 0 Å². The van der Waals surface area contributed by atoms with Gasteiger partial charge in [-0.2, -0.15) is 0 Å². The van der Waals surface area contributed by atoms with E-state index in [1.807, 2.05) is 3.58 Å². The van der Waals surface area contributed by atoms with Gasteiger partial charge in [-0.3, -0.25) is 0 Å². The molecule has 0 heterocycles. The molecule has 0 aromatic heterocycles. The van der Waals surface area contributed by atoms with Crippen LogP contribution in [-0.2, 0) is 0 Å². The summed E-state index contributed by atoms with van der Waals surface area (Å²) in [5.74, 6) is 0. The maximum absolute atomic E-state index is 3.31. The summed E-state index contributed by atoms with van der Waals surface area (Å²) in [6, 6.07) is 94.4. The third-order valence-electron chi connectivity index (χ3n) is 19.4. The third kappa shape index (κ3) is 29.3. The van der Waals surface area contributed by atoms with E-state index in [1.165, 1.54) is 108 Å². The molecule has 0 amide bonds. The summed E-state index contributed by atoms with van der Waals surface area (Å²) >= 11 is -12.8. The Bertz CT molecular complexity index is 3190. The van der Waals surface area contributed by atoms with Gasteiger partial charge >= 0.3 is 624 Å². The van der Waals surface area contributed by atoms with Gasteiger partial charge in [0.05, 0.1) is 0 Å². The van der Waals surface area contributed by atoms with Gasteiger partial charge in [-0.15, -0.1) is 0 Å². The molecule has 0 N–H and O–H groups in total. The zero-order valence-corrected chi connectivity index (χ0v) is 81.1. The third-order valence-corrected chi connectivity index (χ3v) is 82.4. The van der Waals surface area contributed by atoms with E-state index in [1.54, 1.807) is 40.9 Å². The standard InChI is InChI=1S/3C7H7.6C6H5.6C4H9.9CH3.6Sn/c3*1-7-5-3-2-4-6-7;6*1-2-4-6-5-3-1;6*1-3-4-2;;;;;;;;;;;;;;;/h3-6H,1H3;2-3,5-6H,1H3;2-5H,1H3;6*1-5H;6*1,3-4H2,2H3;9*1H3;;;;;;. The van der Waals surface area contributed by atoms with E-state index in [4.69, 9.17) is 0 Å². The molecule has 9 rings (SSSR count). The van der Waals surface area contributed by atoms with Crippen LogP contribution in [0, 0.1) is 20.8 Å². The molecule has 516 valence electrons. The first-order chi connectivity index (χ1) is 46.0. The molecule has 0 spiro atoms. The minimum absolute atomic E-state index is 1.36. The van der Waals surface area contributed by atoms with Crippen LogP contribution in [0.2, 0.25) is 71.1 Å². The fraction of sp³-hybridized carbons (Fsp3) is 0.400. The van der Waals surface area contributed by atoms with Gasteiger partial charge in [-0.05, 0) is 0 Å². The zero-order chi connectivity index (χ0) is 70.4. The van der Waals surface area contributed by atoms with Crippen molar-refractivity contribution < 1.29 is 0 Å². The number of rotatable bonds is 27. The van der Waals surface area contributed by atoms with Gasteiger partial charge in [0.25, 0.3) is 0 Å². The Hall–Kier alpha value is -2.23. The van der Waals surface area contributed by atoms with Crippen LogP contribution in [0.3, 0.4) is 0 Å². The van der Waals surface area contributed by atoms with E-state index in [0.717, 1.165) is 0 Å². The fourth-order valence-corrected chi connectivity index (χ4v) is 71.5. The molecule has 0 fully saturated rings. The molecule has 0 saturated heterocycles. The van der Waals surface area contributed by atoms with Crippen LogP contribution in [0.5, 0.6) is 0 Å². The van der Waals surface area contributed by atoms with Crippen molar-refractivity contribution in [3.05, 3.63) is 271 Å². The second kappa shape index (κ2) is 46.4. The van der Waals surface area contributed by atoms with E-state index < -0.39 is 110 Å². The van der Waals surface area contributed by atoms with E-state index in [0.29, 0.717) is 0 Å². The van der Waals surface area contributed by atoms with Gasteiger partial charge < -0.3 is 0 Å². The second-order valence-electron chi connectivity index (χ2n) is 30.4. The topological polar surface area (TPSA) is 0 Å². The Labute approximate surface area is 616 Å².